The van der Waals surface area contributed by atoms with E-state index in [4.69, 9.17) is 5.50 Å². The molecule has 124 valence electrons. The average Bonchev–Trinajstić information content (AvgIpc) is 2.71. The summed E-state index contributed by atoms with van der Waals surface area (Å²) in [6.45, 7) is 8.80. The summed E-state index contributed by atoms with van der Waals surface area (Å²) in [6, 6.07) is 1.57. The molecular weight excluding hydrogens is 281 g/mol. The molecule has 0 aromatic rings. The van der Waals surface area contributed by atoms with Gasteiger partial charge in [0.25, 0.3) is 7.59 Å². The molecule has 21 heavy (non-hydrogen) atoms. The maximum atomic E-state index is 13.6. The van der Waals surface area contributed by atoms with Crippen LogP contribution in [-0.4, -0.2) is 33.5 Å². The Kier molecular flexibility index (Phi) is 5.92. The van der Waals surface area contributed by atoms with Crippen LogP contribution in [0.4, 0.5) is 0 Å². The van der Waals surface area contributed by atoms with Crippen LogP contribution in [0.15, 0.2) is 0 Å². The van der Waals surface area contributed by atoms with Crippen LogP contribution in [0.3, 0.4) is 0 Å². The standard InChI is InChI=1S/C16H34N3OP/c1-5-13(6-2)18-15-11-9-10-12-16(15)19(21(18,17)20)14(7-3)8-4/h13-16H,5-12H2,1-4H3,(H2,17,20)/t15-,16?,21?/m1/s1. The van der Waals surface area contributed by atoms with E-state index < -0.39 is 7.59 Å². The van der Waals surface area contributed by atoms with Crippen molar-refractivity contribution in [1.29, 1.82) is 0 Å². The molecule has 1 aliphatic heterocycles. The van der Waals surface area contributed by atoms with Crippen LogP contribution in [0.25, 0.3) is 0 Å². The van der Waals surface area contributed by atoms with Gasteiger partial charge in [-0.2, -0.15) is 0 Å². The number of nitrogens with zero attached hydrogens (tertiary/aromatic N) is 2. The minimum absolute atomic E-state index is 0.366. The van der Waals surface area contributed by atoms with Gasteiger partial charge in [0.2, 0.25) is 0 Å². The third-order valence-electron chi connectivity index (χ3n) is 5.67. The van der Waals surface area contributed by atoms with Crippen LogP contribution >= 0.6 is 7.59 Å². The zero-order valence-electron chi connectivity index (χ0n) is 14.3. The zero-order chi connectivity index (χ0) is 15.6. The highest BCUT2D eigenvalue weighted by Crippen LogP contribution is 2.61. The van der Waals surface area contributed by atoms with Gasteiger partial charge in [-0.1, -0.05) is 40.5 Å². The van der Waals surface area contributed by atoms with E-state index in [1.807, 2.05) is 0 Å². The molecule has 0 aromatic heterocycles. The van der Waals surface area contributed by atoms with E-state index in [1.165, 1.54) is 25.7 Å². The summed E-state index contributed by atoms with van der Waals surface area (Å²) >= 11 is 0. The molecule has 0 amide bonds. The highest BCUT2D eigenvalue weighted by atomic mass is 31.2. The second kappa shape index (κ2) is 7.12. The highest BCUT2D eigenvalue weighted by molar-refractivity contribution is 7.57. The SMILES string of the molecule is CCC(CC)N1C2CCCC[C@H]2N(C(CC)CC)P1(N)=O. The molecule has 2 aliphatic rings. The summed E-state index contributed by atoms with van der Waals surface area (Å²) in [5.41, 5.74) is 6.54. The largest absolute Gasteiger partial charge is 0.282 e. The second-order valence-electron chi connectivity index (χ2n) is 6.71. The number of rotatable bonds is 6. The van der Waals surface area contributed by atoms with Gasteiger partial charge in [0.1, 0.15) is 0 Å². The lowest BCUT2D eigenvalue weighted by Crippen LogP contribution is -2.44. The zero-order valence-corrected chi connectivity index (χ0v) is 15.2. The number of hydrogen-bond acceptors (Lipinski definition) is 1. The fourth-order valence-electron chi connectivity index (χ4n) is 4.59. The first-order valence-corrected chi connectivity index (χ1v) is 10.7. The van der Waals surface area contributed by atoms with Crippen molar-refractivity contribution in [3.63, 3.8) is 0 Å². The fourth-order valence-corrected chi connectivity index (χ4v) is 7.80. The quantitative estimate of drug-likeness (QED) is 0.740. The van der Waals surface area contributed by atoms with E-state index in [0.717, 1.165) is 25.7 Å². The van der Waals surface area contributed by atoms with Gasteiger partial charge in [-0.15, -0.1) is 0 Å². The lowest BCUT2D eigenvalue weighted by molar-refractivity contribution is 0.152. The van der Waals surface area contributed by atoms with Gasteiger partial charge in [0, 0.05) is 24.2 Å². The van der Waals surface area contributed by atoms with Gasteiger partial charge < -0.3 is 0 Å². The van der Waals surface area contributed by atoms with Gasteiger partial charge >= 0.3 is 0 Å². The van der Waals surface area contributed by atoms with Crippen LogP contribution in [0.5, 0.6) is 0 Å². The molecule has 0 radical (unpaired) electrons. The van der Waals surface area contributed by atoms with Crippen molar-refractivity contribution in [2.24, 2.45) is 5.50 Å². The van der Waals surface area contributed by atoms with Gasteiger partial charge in [-0.3, -0.25) is 10.1 Å². The van der Waals surface area contributed by atoms with Gasteiger partial charge in [-0.25, -0.2) is 9.34 Å². The van der Waals surface area contributed by atoms with Crippen LogP contribution in [0.1, 0.15) is 79.1 Å². The normalized spacial score (nSPS) is 34.8. The van der Waals surface area contributed by atoms with E-state index >= 15 is 0 Å². The van der Waals surface area contributed by atoms with Crippen molar-refractivity contribution < 1.29 is 4.57 Å². The fraction of sp³-hybridized carbons (Fsp3) is 1.00. The maximum absolute atomic E-state index is 13.6. The van der Waals surface area contributed by atoms with Gasteiger partial charge in [0.05, 0.1) is 0 Å². The minimum atomic E-state index is -2.88. The first kappa shape index (κ1) is 17.5. The lowest BCUT2D eigenvalue weighted by atomic mass is 9.88. The predicted octanol–water partition coefficient (Wildman–Crippen LogP) is 4.36. The number of nitrogens with two attached hydrogens (primary N) is 1. The molecule has 2 rings (SSSR count). The first-order valence-electron chi connectivity index (χ1n) is 8.98. The summed E-state index contributed by atoms with van der Waals surface area (Å²) in [5.74, 6) is 0. The van der Waals surface area contributed by atoms with Crippen molar-refractivity contribution in [2.75, 3.05) is 0 Å². The second-order valence-corrected chi connectivity index (χ2v) is 8.81. The van der Waals surface area contributed by atoms with Crippen molar-refractivity contribution in [3.05, 3.63) is 0 Å². The third kappa shape index (κ3) is 2.97. The smallest absolute Gasteiger partial charge is 0.271 e. The molecular formula is C16H34N3OP. The van der Waals surface area contributed by atoms with Crippen LogP contribution < -0.4 is 5.50 Å². The van der Waals surface area contributed by atoms with E-state index in [0.29, 0.717) is 24.2 Å². The van der Waals surface area contributed by atoms with Crippen molar-refractivity contribution in [3.8, 4) is 0 Å². The topological polar surface area (TPSA) is 49.6 Å². The maximum Gasteiger partial charge on any atom is 0.282 e. The summed E-state index contributed by atoms with van der Waals surface area (Å²) < 4.78 is 18.1. The molecule has 4 nitrogen and oxygen atoms in total. The molecule has 2 N–H and O–H groups in total. The summed E-state index contributed by atoms with van der Waals surface area (Å²) in [7, 11) is -2.88. The first-order chi connectivity index (χ1) is 10.0. The Morgan fingerprint density at radius 3 is 1.52 bits per heavy atom. The van der Waals surface area contributed by atoms with Crippen molar-refractivity contribution in [2.45, 2.75) is 103 Å². The Morgan fingerprint density at radius 2 is 1.24 bits per heavy atom. The lowest BCUT2D eigenvalue weighted by Gasteiger charge is -2.36. The Hall–Kier alpha value is 0.110. The molecule has 1 aliphatic carbocycles. The molecule has 0 bridgehead atoms. The predicted molar refractivity (Wildman–Crippen MR) is 90.3 cm³/mol. The molecule has 1 saturated carbocycles. The molecule has 1 saturated heterocycles. The van der Waals surface area contributed by atoms with E-state index in [1.54, 1.807) is 0 Å². The average molecular weight is 315 g/mol. The third-order valence-corrected chi connectivity index (χ3v) is 8.24. The summed E-state index contributed by atoms with van der Waals surface area (Å²) in [6.07, 6.45) is 9.01. The van der Waals surface area contributed by atoms with E-state index in [9.17, 15) is 4.57 Å². The van der Waals surface area contributed by atoms with Gasteiger partial charge in [0.15, 0.2) is 0 Å². The van der Waals surface area contributed by atoms with E-state index in [-0.39, 0.29) is 0 Å². The molecule has 0 spiro atoms. The Labute approximate surface area is 131 Å². The molecule has 2 unspecified atom stereocenters. The Balaban J connectivity index is 2.40. The highest BCUT2D eigenvalue weighted by Gasteiger charge is 2.56. The van der Waals surface area contributed by atoms with E-state index in [2.05, 4.69) is 37.0 Å². The summed E-state index contributed by atoms with van der Waals surface area (Å²) in [4.78, 5) is 0. The van der Waals surface area contributed by atoms with Gasteiger partial charge in [-0.05, 0) is 38.5 Å². The molecule has 0 aromatic carbocycles. The number of hydrogen-bond donors (Lipinski definition) is 1. The monoisotopic (exact) mass is 315 g/mol. The molecule has 1 heterocycles. The Bertz CT molecular complexity index is 350. The molecule has 2 fully saturated rings. The van der Waals surface area contributed by atoms with Crippen LogP contribution in [0.2, 0.25) is 0 Å². The van der Waals surface area contributed by atoms with Crippen molar-refractivity contribution >= 4 is 7.59 Å². The summed E-state index contributed by atoms with van der Waals surface area (Å²) in [5, 5.41) is 0. The Morgan fingerprint density at radius 1 is 0.905 bits per heavy atom. The minimum Gasteiger partial charge on any atom is -0.271 e. The van der Waals surface area contributed by atoms with Crippen molar-refractivity contribution in [1.82, 2.24) is 9.34 Å². The number of fused-ring (bicyclic) bond motifs is 1. The molecule has 5 heteroatoms. The molecule has 3 atom stereocenters. The van der Waals surface area contributed by atoms with Crippen LogP contribution in [0, 0.1) is 0 Å². The van der Waals surface area contributed by atoms with Crippen LogP contribution in [-0.2, 0) is 4.57 Å².